The molecule has 0 heterocycles. The summed E-state index contributed by atoms with van der Waals surface area (Å²) < 4.78 is 0.988. The Labute approximate surface area is 106 Å². The highest BCUT2D eigenvalue weighted by atomic mass is 79.9. The summed E-state index contributed by atoms with van der Waals surface area (Å²) >= 11 is 3.46. The predicted octanol–water partition coefficient (Wildman–Crippen LogP) is 3.21. The monoisotopic (exact) mass is 285 g/mol. The largest absolute Gasteiger partial charge is 0.388 e. The highest BCUT2D eigenvalue weighted by molar-refractivity contribution is 9.10. The Bertz CT molecular complexity index is 313. The van der Waals surface area contributed by atoms with E-state index in [9.17, 15) is 5.11 Å². The average molecular weight is 286 g/mol. The minimum absolute atomic E-state index is 0.379. The standard InChI is InChI=1S/C13H20BrNO/c1-3-15(4-2)10-9-13(16)11-7-5-6-8-12(11)14/h5-8,13,16H,3-4,9-10H2,1-2H3. The molecular formula is C13H20BrNO. The summed E-state index contributed by atoms with van der Waals surface area (Å²) in [7, 11) is 0. The molecule has 0 amide bonds. The maximum Gasteiger partial charge on any atom is 0.0813 e. The Morgan fingerprint density at radius 1 is 1.25 bits per heavy atom. The van der Waals surface area contributed by atoms with E-state index in [4.69, 9.17) is 0 Å². The normalized spacial score (nSPS) is 13.1. The van der Waals surface area contributed by atoms with Crippen LogP contribution in [0.1, 0.15) is 31.9 Å². The van der Waals surface area contributed by atoms with Crippen LogP contribution in [0.2, 0.25) is 0 Å². The van der Waals surface area contributed by atoms with Crippen LogP contribution < -0.4 is 0 Å². The van der Waals surface area contributed by atoms with Crippen molar-refractivity contribution >= 4 is 15.9 Å². The van der Waals surface area contributed by atoms with Crippen molar-refractivity contribution in [3.63, 3.8) is 0 Å². The summed E-state index contributed by atoms with van der Waals surface area (Å²) in [5.41, 5.74) is 0.981. The first-order valence-corrected chi connectivity index (χ1v) is 6.63. The summed E-state index contributed by atoms with van der Waals surface area (Å²) in [5.74, 6) is 0. The quantitative estimate of drug-likeness (QED) is 0.868. The molecule has 1 atom stereocenters. The van der Waals surface area contributed by atoms with Gasteiger partial charge in [-0.05, 0) is 31.1 Å². The van der Waals surface area contributed by atoms with Crippen LogP contribution in [0.25, 0.3) is 0 Å². The molecule has 90 valence electrons. The molecule has 0 bridgehead atoms. The van der Waals surface area contributed by atoms with E-state index in [1.165, 1.54) is 0 Å². The fraction of sp³-hybridized carbons (Fsp3) is 0.538. The van der Waals surface area contributed by atoms with Crippen molar-refractivity contribution in [3.8, 4) is 0 Å². The molecule has 0 saturated carbocycles. The molecule has 0 aliphatic heterocycles. The number of aliphatic hydroxyl groups excluding tert-OH is 1. The highest BCUT2D eigenvalue weighted by Gasteiger charge is 2.11. The van der Waals surface area contributed by atoms with Gasteiger partial charge in [0.1, 0.15) is 0 Å². The molecular weight excluding hydrogens is 266 g/mol. The number of hydrogen-bond donors (Lipinski definition) is 1. The fourth-order valence-electron chi connectivity index (χ4n) is 1.75. The SMILES string of the molecule is CCN(CC)CCC(O)c1ccccc1Br. The van der Waals surface area contributed by atoms with Gasteiger partial charge in [0.15, 0.2) is 0 Å². The first-order chi connectivity index (χ1) is 7.69. The summed E-state index contributed by atoms with van der Waals surface area (Å²) in [6, 6.07) is 7.86. The smallest absolute Gasteiger partial charge is 0.0813 e. The van der Waals surface area contributed by atoms with E-state index in [1.54, 1.807) is 0 Å². The van der Waals surface area contributed by atoms with E-state index in [-0.39, 0.29) is 6.10 Å². The van der Waals surface area contributed by atoms with Crippen molar-refractivity contribution in [3.05, 3.63) is 34.3 Å². The van der Waals surface area contributed by atoms with Crippen molar-refractivity contribution in [1.82, 2.24) is 4.90 Å². The van der Waals surface area contributed by atoms with Crippen LogP contribution >= 0.6 is 15.9 Å². The zero-order valence-electron chi connectivity index (χ0n) is 9.99. The van der Waals surface area contributed by atoms with Gasteiger partial charge in [0, 0.05) is 11.0 Å². The molecule has 0 fully saturated rings. The van der Waals surface area contributed by atoms with E-state index in [0.29, 0.717) is 0 Å². The maximum absolute atomic E-state index is 10.1. The van der Waals surface area contributed by atoms with E-state index >= 15 is 0 Å². The van der Waals surface area contributed by atoms with Crippen LogP contribution in [0.3, 0.4) is 0 Å². The summed E-state index contributed by atoms with van der Waals surface area (Å²) in [6.45, 7) is 7.32. The summed E-state index contributed by atoms with van der Waals surface area (Å²) in [5, 5.41) is 10.1. The molecule has 1 unspecified atom stereocenters. The number of benzene rings is 1. The van der Waals surface area contributed by atoms with Gasteiger partial charge in [0.2, 0.25) is 0 Å². The number of nitrogens with zero attached hydrogens (tertiary/aromatic N) is 1. The third kappa shape index (κ3) is 3.89. The number of rotatable bonds is 6. The van der Waals surface area contributed by atoms with E-state index in [2.05, 4.69) is 34.7 Å². The van der Waals surface area contributed by atoms with Gasteiger partial charge in [-0.15, -0.1) is 0 Å². The third-order valence-electron chi connectivity index (χ3n) is 2.88. The molecule has 16 heavy (non-hydrogen) atoms. The van der Waals surface area contributed by atoms with Gasteiger partial charge < -0.3 is 10.0 Å². The molecule has 2 nitrogen and oxygen atoms in total. The van der Waals surface area contributed by atoms with Gasteiger partial charge >= 0.3 is 0 Å². The molecule has 1 N–H and O–H groups in total. The molecule has 0 aromatic heterocycles. The minimum Gasteiger partial charge on any atom is -0.388 e. The molecule has 3 heteroatoms. The zero-order valence-corrected chi connectivity index (χ0v) is 11.6. The molecule has 0 radical (unpaired) electrons. The van der Waals surface area contributed by atoms with Crippen molar-refractivity contribution in [2.75, 3.05) is 19.6 Å². The number of hydrogen-bond acceptors (Lipinski definition) is 2. The first kappa shape index (κ1) is 13.7. The molecule has 0 saturated heterocycles. The van der Waals surface area contributed by atoms with Crippen molar-refractivity contribution in [1.29, 1.82) is 0 Å². The lowest BCUT2D eigenvalue weighted by atomic mass is 10.1. The van der Waals surface area contributed by atoms with Crippen molar-refractivity contribution < 1.29 is 5.11 Å². The van der Waals surface area contributed by atoms with Crippen LogP contribution in [0.15, 0.2) is 28.7 Å². The van der Waals surface area contributed by atoms with Crippen LogP contribution in [-0.2, 0) is 0 Å². The Kier molecular flexibility index (Phi) is 6.03. The Morgan fingerprint density at radius 3 is 2.44 bits per heavy atom. The second kappa shape index (κ2) is 7.05. The molecule has 0 aliphatic rings. The molecule has 0 aliphatic carbocycles. The van der Waals surface area contributed by atoms with Crippen molar-refractivity contribution in [2.45, 2.75) is 26.4 Å². The zero-order chi connectivity index (χ0) is 12.0. The van der Waals surface area contributed by atoms with Gasteiger partial charge in [-0.2, -0.15) is 0 Å². The topological polar surface area (TPSA) is 23.5 Å². The van der Waals surface area contributed by atoms with Gasteiger partial charge in [0.05, 0.1) is 6.10 Å². The Hall–Kier alpha value is -0.380. The first-order valence-electron chi connectivity index (χ1n) is 5.83. The lowest BCUT2D eigenvalue weighted by Gasteiger charge is -2.20. The average Bonchev–Trinajstić information content (AvgIpc) is 2.30. The summed E-state index contributed by atoms with van der Waals surface area (Å²) in [6.07, 6.45) is 0.403. The van der Waals surface area contributed by atoms with Crippen LogP contribution in [0, 0.1) is 0 Å². The number of aliphatic hydroxyl groups is 1. The number of halogens is 1. The van der Waals surface area contributed by atoms with E-state index < -0.39 is 0 Å². The predicted molar refractivity (Wildman–Crippen MR) is 71.5 cm³/mol. The Morgan fingerprint density at radius 2 is 1.88 bits per heavy atom. The van der Waals surface area contributed by atoms with Gasteiger partial charge in [-0.1, -0.05) is 48.0 Å². The van der Waals surface area contributed by atoms with Crippen LogP contribution in [-0.4, -0.2) is 29.6 Å². The Balaban J connectivity index is 2.52. The molecule has 0 spiro atoms. The third-order valence-corrected chi connectivity index (χ3v) is 3.60. The maximum atomic E-state index is 10.1. The van der Waals surface area contributed by atoms with Gasteiger partial charge in [0.25, 0.3) is 0 Å². The second-order valence-corrected chi connectivity index (χ2v) is 4.71. The summed E-state index contributed by atoms with van der Waals surface area (Å²) in [4.78, 5) is 2.32. The lowest BCUT2D eigenvalue weighted by Crippen LogP contribution is -2.25. The highest BCUT2D eigenvalue weighted by Crippen LogP contribution is 2.25. The van der Waals surface area contributed by atoms with Gasteiger partial charge in [-0.3, -0.25) is 0 Å². The lowest BCUT2D eigenvalue weighted by molar-refractivity contribution is 0.144. The molecule has 1 aromatic rings. The van der Waals surface area contributed by atoms with E-state index in [1.807, 2.05) is 24.3 Å². The van der Waals surface area contributed by atoms with Gasteiger partial charge in [-0.25, -0.2) is 0 Å². The van der Waals surface area contributed by atoms with E-state index in [0.717, 1.165) is 36.1 Å². The van der Waals surface area contributed by atoms with Crippen molar-refractivity contribution in [2.24, 2.45) is 0 Å². The fourth-order valence-corrected chi connectivity index (χ4v) is 2.29. The second-order valence-electron chi connectivity index (χ2n) is 3.85. The minimum atomic E-state index is -0.379. The van der Waals surface area contributed by atoms with Crippen LogP contribution in [0.4, 0.5) is 0 Å². The van der Waals surface area contributed by atoms with Crippen LogP contribution in [0.5, 0.6) is 0 Å². The molecule has 1 aromatic carbocycles. The molecule has 1 rings (SSSR count).